The van der Waals surface area contributed by atoms with Crippen LogP contribution in [0.3, 0.4) is 0 Å². The Hall–Kier alpha value is -3.94. The van der Waals surface area contributed by atoms with Crippen LogP contribution in [0.2, 0.25) is 0 Å². The number of amides is 1. The molecule has 1 aromatic heterocycles. The number of benzene rings is 2. The summed E-state index contributed by atoms with van der Waals surface area (Å²) in [6.07, 6.45) is 3.22. The highest BCUT2D eigenvalue weighted by molar-refractivity contribution is 6.01. The van der Waals surface area contributed by atoms with Crippen molar-refractivity contribution in [1.82, 2.24) is 10.4 Å². The van der Waals surface area contributed by atoms with Gasteiger partial charge in [0.15, 0.2) is 11.5 Å². The van der Waals surface area contributed by atoms with Gasteiger partial charge < -0.3 is 23.9 Å². The summed E-state index contributed by atoms with van der Waals surface area (Å²) in [7, 11) is 4.59. The van der Waals surface area contributed by atoms with E-state index in [9.17, 15) is 4.79 Å². The lowest BCUT2D eigenvalue weighted by Crippen LogP contribution is -2.17. The Labute approximate surface area is 174 Å². The summed E-state index contributed by atoms with van der Waals surface area (Å²) in [5.74, 6) is 1.76. The third-order valence-electron chi connectivity index (χ3n) is 4.30. The molecule has 0 spiro atoms. The molecule has 0 fully saturated rings. The quantitative estimate of drug-likeness (QED) is 0.320. The van der Waals surface area contributed by atoms with Crippen molar-refractivity contribution in [3.05, 3.63) is 60.3 Å². The van der Waals surface area contributed by atoms with Crippen LogP contribution in [0, 0.1) is 0 Å². The molecule has 156 valence electrons. The molecule has 0 radical (unpaired) electrons. The largest absolute Gasteiger partial charge is 0.493 e. The molecule has 0 unspecified atom stereocenters. The first kappa shape index (κ1) is 20.8. The highest BCUT2D eigenvalue weighted by Crippen LogP contribution is 2.43. The molecular formula is C22H23N3O5. The minimum Gasteiger partial charge on any atom is -0.493 e. The molecule has 0 aliphatic heterocycles. The number of rotatable bonds is 9. The van der Waals surface area contributed by atoms with Gasteiger partial charge in [-0.3, -0.25) is 4.79 Å². The number of ether oxygens (including phenoxy) is 4. The van der Waals surface area contributed by atoms with Crippen molar-refractivity contribution >= 4 is 23.0 Å². The molecule has 3 aromatic rings. The lowest BCUT2D eigenvalue weighted by atomic mass is 10.2. The molecule has 0 saturated carbocycles. The van der Waals surface area contributed by atoms with E-state index >= 15 is 0 Å². The standard InChI is InChI=1S/C22H23N3O5/c1-5-10-30-15-8-6-14(7-9-15)13-23-25-22(26)18-11-16-17(24-18)12-19(27-2)21(29-4)20(16)28-3/h5-9,11-13,24H,1,10H2,2-4H3,(H,25,26)/b23-13-. The predicted molar refractivity (Wildman–Crippen MR) is 115 cm³/mol. The molecule has 1 amide bonds. The molecule has 2 N–H and O–H groups in total. The van der Waals surface area contributed by atoms with Crippen LogP contribution in [0.25, 0.3) is 10.9 Å². The van der Waals surface area contributed by atoms with Crippen molar-refractivity contribution in [2.24, 2.45) is 5.10 Å². The third-order valence-corrected chi connectivity index (χ3v) is 4.30. The molecule has 0 atom stereocenters. The zero-order valence-corrected chi connectivity index (χ0v) is 17.0. The summed E-state index contributed by atoms with van der Waals surface area (Å²) >= 11 is 0. The smallest absolute Gasteiger partial charge is 0.287 e. The molecule has 8 heteroatoms. The molecule has 2 aromatic carbocycles. The van der Waals surface area contributed by atoms with Crippen LogP contribution in [0.15, 0.2) is 54.2 Å². The number of methoxy groups -OCH3 is 3. The first-order valence-corrected chi connectivity index (χ1v) is 9.10. The first-order chi connectivity index (χ1) is 14.6. The molecule has 0 saturated heterocycles. The number of hydrazone groups is 1. The molecule has 0 aliphatic rings. The van der Waals surface area contributed by atoms with Gasteiger partial charge in [0.1, 0.15) is 18.1 Å². The fraction of sp³-hybridized carbons (Fsp3) is 0.182. The Kier molecular flexibility index (Phi) is 6.59. The van der Waals surface area contributed by atoms with Gasteiger partial charge in [-0.1, -0.05) is 12.7 Å². The van der Waals surface area contributed by atoms with Crippen molar-refractivity contribution in [1.29, 1.82) is 0 Å². The molecule has 30 heavy (non-hydrogen) atoms. The van der Waals surface area contributed by atoms with Crippen LogP contribution >= 0.6 is 0 Å². The lowest BCUT2D eigenvalue weighted by molar-refractivity contribution is 0.0951. The van der Waals surface area contributed by atoms with Crippen molar-refractivity contribution in [3.8, 4) is 23.0 Å². The zero-order chi connectivity index (χ0) is 21.5. The minimum atomic E-state index is -0.395. The average molecular weight is 409 g/mol. The fourth-order valence-electron chi connectivity index (χ4n) is 2.90. The number of carbonyl (C=O) groups is 1. The molecule has 1 heterocycles. The van der Waals surface area contributed by atoms with Gasteiger partial charge in [0.05, 0.1) is 33.1 Å². The topological polar surface area (TPSA) is 94.2 Å². The van der Waals surface area contributed by atoms with Gasteiger partial charge in [0.2, 0.25) is 5.75 Å². The van der Waals surface area contributed by atoms with Crippen molar-refractivity contribution in [2.45, 2.75) is 0 Å². The number of aromatic amines is 1. The number of H-pyrrole nitrogens is 1. The van der Waals surface area contributed by atoms with E-state index in [1.54, 1.807) is 24.4 Å². The molecule has 0 aliphatic carbocycles. The molecule has 8 nitrogen and oxygen atoms in total. The fourth-order valence-corrected chi connectivity index (χ4v) is 2.90. The van der Waals surface area contributed by atoms with E-state index in [4.69, 9.17) is 18.9 Å². The van der Waals surface area contributed by atoms with E-state index in [0.29, 0.717) is 40.5 Å². The highest BCUT2D eigenvalue weighted by atomic mass is 16.5. The van der Waals surface area contributed by atoms with Crippen molar-refractivity contribution in [3.63, 3.8) is 0 Å². The minimum absolute atomic E-state index is 0.323. The average Bonchev–Trinajstić information content (AvgIpc) is 3.21. The van der Waals surface area contributed by atoms with Gasteiger partial charge >= 0.3 is 0 Å². The Morgan fingerprint density at radius 3 is 2.47 bits per heavy atom. The SMILES string of the molecule is C=CCOc1ccc(/C=N\NC(=O)c2cc3c(OC)c(OC)c(OC)cc3[nH]2)cc1. The predicted octanol–water partition coefficient (Wildman–Crippen LogP) is 3.52. The van der Waals surface area contributed by atoms with Crippen molar-refractivity contribution in [2.75, 3.05) is 27.9 Å². The zero-order valence-electron chi connectivity index (χ0n) is 17.0. The number of fused-ring (bicyclic) bond motifs is 1. The van der Waals surface area contributed by atoms with Gasteiger partial charge in [-0.2, -0.15) is 5.10 Å². The number of hydrogen-bond donors (Lipinski definition) is 2. The monoisotopic (exact) mass is 409 g/mol. The van der Waals surface area contributed by atoms with Gasteiger partial charge in [-0.15, -0.1) is 0 Å². The third kappa shape index (κ3) is 4.38. The second kappa shape index (κ2) is 9.51. The normalized spacial score (nSPS) is 10.8. The summed E-state index contributed by atoms with van der Waals surface area (Å²) in [4.78, 5) is 15.5. The maximum absolute atomic E-state index is 12.5. The van der Waals surface area contributed by atoms with Gasteiger partial charge in [-0.05, 0) is 35.9 Å². The van der Waals surface area contributed by atoms with Gasteiger partial charge in [0, 0.05) is 11.5 Å². The summed E-state index contributed by atoms with van der Waals surface area (Å²) in [6, 6.07) is 10.7. The summed E-state index contributed by atoms with van der Waals surface area (Å²) in [5, 5.41) is 4.70. The first-order valence-electron chi connectivity index (χ1n) is 9.10. The Bertz CT molecular complexity index is 1070. The Morgan fingerprint density at radius 2 is 1.83 bits per heavy atom. The van der Waals surface area contributed by atoms with Crippen LogP contribution in [-0.4, -0.2) is 45.0 Å². The number of aromatic nitrogens is 1. The maximum atomic E-state index is 12.5. The van der Waals surface area contributed by atoms with Crippen LogP contribution in [0.5, 0.6) is 23.0 Å². The molecule has 3 rings (SSSR count). The van der Waals surface area contributed by atoms with Gasteiger partial charge in [0.25, 0.3) is 5.91 Å². The second-order valence-corrected chi connectivity index (χ2v) is 6.16. The van der Waals surface area contributed by atoms with E-state index in [1.807, 2.05) is 24.3 Å². The highest BCUT2D eigenvalue weighted by Gasteiger charge is 2.19. The van der Waals surface area contributed by atoms with E-state index in [0.717, 1.165) is 11.3 Å². The van der Waals surface area contributed by atoms with Crippen LogP contribution in [-0.2, 0) is 0 Å². The summed E-state index contributed by atoms with van der Waals surface area (Å²) in [6.45, 7) is 4.05. The van der Waals surface area contributed by atoms with Crippen LogP contribution in [0.1, 0.15) is 16.1 Å². The van der Waals surface area contributed by atoms with Crippen LogP contribution < -0.4 is 24.4 Å². The van der Waals surface area contributed by atoms with Crippen molar-refractivity contribution < 1.29 is 23.7 Å². The van der Waals surface area contributed by atoms with E-state index in [-0.39, 0.29) is 0 Å². The number of carbonyl (C=O) groups excluding carboxylic acids is 1. The lowest BCUT2D eigenvalue weighted by Gasteiger charge is -2.12. The van der Waals surface area contributed by atoms with Gasteiger partial charge in [-0.25, -0.2) is 5.43 Å². The maximum Gasteiger partial charge on any atom is 0.287 e. The summed E-state index contributed by atoms with van der Waals surface area (Å²) in [5.41, 5.74) is 4.32. The Morgan fingerprint density at radius 1 is 1.10 bits per heavy atom. The Balaban J connectivity index is 1.75. The second-order valence-electron chi connectivity index (χ2n) is 6.16. The summed E-state index contributed by atoms with van der Waals surface area (Å²) < 4.78 is 21.6. The number of hydrogen-bond acceptors (Lipinski definition) is 6. The van der Waals surface area contributed by atoms with E-state index in [2.05, 4.69) is 22.1 Å². The number of nitrogens with one attached hydrogen (secondary N) is 2. The van der Waals surface area contributed by atoms with Crippen LogP contribution in [0.4, 0.5) is 0 Å². The molecule has 0 bridgehead atoms. The molecular weight excluding hydrogens is 386 g/mol. The van der Waals surface area contributed by atoms with E-state index in [1.165, 1.54) is 21.3 Å². The van der Waals surface area contributed by atoms with E-state index < -0.39 is 5.91 Å². The number of nitrogens with zero attached hydrogens (tertiary/aromatic N) is 1.